The zero-order valence-corrected chi connectivity index (χ0v) is 24.0. The summed E-state index contributed by atoms with van der Waals surface area (Å²) in [6.45, 7) is 2.07. The third kappa shape index (κ3) is 6.50. The number of hydrogen-bond acceptors (Lipinski definition) is 6. The highest BCUT2D eigenvalue weighted by Gasteiger charge is 2.16. The predicted octanol–water partition coefficient (Wildman–Crippen LogP) is 7.42. The van der Waals surface area contributed by atoms with E-state index >= 15 is 0 Å². The SMILES string of the molecule is CCOC(=O)c1ccc(NC(=O)c2ccc(CSc3nnc(-c4ccc(Br)cc4)n3-c3ccccc3)cc2)cc1. The van der Waals surface area contributed by atoms with E-state index in [-0.39, 0.29) is 11.9 Å². The number of amides is 1. The average molecular weight is 614 g/mol. The van der Waals surface area contributed by atoms with Crippen molar-refractivity contribution < 1.29 is 14.3 Å². The van der Waals surface area contributed by atoms with Crippen molar-refractivity contribution in [1.29, 1.82) is 0 Å². The largest absolute Gasteiger partial charge is 0.462 e. The second kappa shape index (κ2) is 12.8. The summed E-state index contributed by atoms with van der Waals surface area (Å²) in [6, 6.07) is 32.1. The Balaban J connectivity index is 1.27. The number of hydrogen-bond donors (Lipinski definition) is 1. The molecule has 0 spiro atoms. The summed E-state index contributed by atoms with van der Waals surface area (Å²) in [4.78, 5) is 24.6. The minimum atomic E-state index is -0.389. The smallest absolute Gasteiger partial charge is 0.338 e. The van der Waals surface area contributed by atoms with E-state index in [0.29, 0.717) is 29.2 Å². The Morgan fingerprint density at radius 1 is 0.850 bits per heavy atom. The molecule has 0 saturated heterocycles. The number of para-hydroxylation sites is 1. The number of halogens is 1. The van der Waals surface area contributed by atoms with Gasteiger partial charge in [-0.25, -0.2) is 4.79 Å². The van der Waals surface area contributed by atoms with Crippen molar-refractivity contribution in [2.45, 2.75) is 17.8 Å². The maximum absolute atomic E-state index is 12.8. The summed E-state index contributed by atoms with van der Waals surface area (Å²) in [5, 5.41) is 12.6. The third-order valence-electron chi connectivity index (χ3n) is 5.99. The summed E-state index contributed by atoms with van der Waals surface area (Å²) in [6.07, 6.45) is 0. The molecule has 0 radical (unpaired) electrons. The highest BCUT2D eigenvalue weighted by atomic mass is 79.9. The number of carbonyl (C=O) groups excluding carboxylic acids is 2. The van der Waals surface area contributed by atoms with E-state index in [1.807, 2.05) is 66.7 Å². The van der Waals surface area contributed by atoms with Crippen molar-refractivity contribution in [2.75, 3.05) is 11.9 Å². The van der Waals surface area contributed by atoms with Crippen molar-refractivity contribution in [3.8, 4) is 17.1 Å². The monoisotopic (exact) mass is 612 g/mol. The van der Waals surface area contributed by atoms with E-state index in [1.165, 1.54) is 0 Å². The first-order valence-electron chi connectivity index (χ1n) is 12.6. The van der Waals surface area contributed by atoms with Gasteiger partial charge in [-0.15, -0.1) is 10.2 Å². The number of thioether (sulfide) groups is 1. The quantitative estimate of drug-likeness (QED) is 0.138. The van der Waals surface area contributed by atoms with Gasteiger partial charge in [-0.2, -0.15) is 0 Å². The molecule has 1 amide bonds. The van der Waals surface area contributed by atoms with E-state index < -0.39 is 0 Å². The number of rotatable bonds is 9. The Bertz CT molecular complexity index is 1600. The molecule has 0 fully saturated rings. The molecule has 1 N–H and O–H groups in total. The lowest BCUT2D eigenvalue weighted by atomic mass is 10.1. The van der Waals surface area contributed by atoms with Crippen LogP contribution in [-0.2, 0) is 10.5 Å². The molecule has 4 aromatic carbocycles. The number of benzene rings is 4. The van der Waals surface area contributed by atoms with Crippen LogP contribution in [0.1, 0.15) is 33.2 Å². The standard InChI is InChI=1S/C31H25BrN4O3S/c1-2-39-30(38)24-14-18-26(19-15-24)33-29(37)23-10-8-21(9-11-23)20-40-31-35-34-28(22-12-16-25(32)17-13-22)36(31)27-6-4-3-5-7-27/h3-19H,2,20H2,1H3,(H,33,37). The highest BCUT2D eigenvalue weighted by molar-refractivity contribution is 9.10. The minimum Gasteiger partial charge on any atom is -0.462 e. The zero-order valence-electron chi connectivity index (χ0n) is 21.6. The molecule has 0 atom stereocenters. The van der Waals surface area contributed by atoms with Crippen LogP contribution >= 0.6 is 27.7 Å². The number of aromatic nitrogens is 3. The van der Waals surface area contributed by atoms with Gasteiger partial charge < -0.3 is 10.1 Å². The molecule has 0 aliphatic heterocycles. The van der Waals surface area contributed by atoms with Crippen LogP contribution in [0.2, 0.25) is 0 Å². The Hall–Kier alpha value is -4.21. The third-order valence-corrected chi connectivity index (χ3v) is 7.52. The number of anilines is 1. The zero-order chi connectivity index (χ0) is 27.9. The van der Waals surface area contributed by atoms with Crippen LogP contribution in [-0.4, -0.2) is 33.2 Å². The first-order valence-corrected chi connectivity index (χ1v) is 14.4. The molecule has 7 nitrogen and oxygen atoms in total. The Morgan fingerprint density at radius 3 is 2.20 bits per heavy atom. The number of esters is 1. The fourth-order valence-electron chi connectivity index (χ4n) is 3.97. The van der Waals surface area contributed by atoms with E-state index in [0.717, 1.165) is 32.3 Å². The summed E-state index contributed by atoms with van der Waals surface area (Å²) in [5.74, 6) is 0.803. The van der Waals surface area contributed by atoms with Gasteiger partial charge in [-0.05, 0) is 73.2 Å². The Morgan fingerprint density at radius 2 is 1.52 bits per heavy atom. The molecule has 0 saturated carbocycles. The molecule has 0 unspecified atom stereocenters. The van der Waals surface area contributed by atoms with Gasteiger partial charge in [-0.1, -0.05) is 70.2 Å². The summed E-state index contributed by atoms with van der Waals surface area (Å²) >= 11 is 5.07. The predicted molar refractivity (Wildman–Crippen MR) is 161 cm³/mol. The van der Waals surface area contributed by atoms with Crippen LogP contribution < -0.4 is 5.32 Å². The van der Waals surface area contributed by atoms with Crippen molar-refractivity contribution in [2.24, 2.45) is 0 Å². The van der Waals surface area contributed by atoms with Gasteiger partial charge in [0.05, 0.1) is 12.2 Å². The lowest BCUT2D eigenvalue weighted by molar-refractivity contribution is 0.0526. The van der Waals surface area contributed by atoms with Crippen LogP contribution in [0.4, 0.5) is 5.69 Å². The summed E-state index contributed by atoms with van der Waals surface area (Å²) in [5.41, 5.74) is 4.57. The van der Waals surface area contributed by atoms with Gasteiger partial charge in [0, 0.05) is 32.7 Å². The maximum atomic E-state index is 12.8. The van der Waals surface area contributed by atoms with E-state index in [9.17, 15) is 9.59 Å². The molecule has 9 heteroatoms. The molecule has 5 aromatic rings. The lowest BCUT2D eigenvalue weighted by Gasteiger charge is -2.11. The number of carbonyl (C=O) groups is 2. The summed E-state index contributed by atoms with van der Waals surface area (Å²) < 4.78 is 8.05. The van der Waals surface area contributed by atoms with Gasteiger partial charge in [-0.3, -0.25) is 9.36 Å². The van der Waals surface area contributed by atoms with Gasteiger partial charge >= 0.3 is 5.97 Å². The van der Waals surface area contributed by atoms with Crippen molar-refractivity contribution in [3.63, 3.8) is 0 Å². The van der Waals surface area contributed by atoms with Crippen molar-refractivity contribution >= 4 is 45.3 Å². The van der Waals surface area contributed by atoms with Gasteiger partial charge in [0.2, 0.25) is 0 Å². The van der Waals surface area contributed by atoms with Crippen molar-refractivity contribution in [3.05, 3.63) is 124 Å². The van der Waals surface area contributed by atoms with Crippen LogP contribution in [0, 0.1) is 0 Å². The van der Waals surface area contributed by atoms with Crippen LogP contribution in [0.3, 0.4) is 0 Å². The van der Waals surface area contributed by atoms with Crippen molar-refractivity contribution in [1.82, 2.24) is 14.8 Å². The number of nitrogens with zero attached hydrogens (tertiary/aromatic N) is 3. The van der Waals surface area contributed by atoms with E-state index in [1.54, 1.807) is 55.1 Å². The molecule has 200 valence electrons. The molecule has 1 heterocycles. The Labute approximate surface area is 244 Å². The fourth-order valence-corrected chi connectivity index (χ4v) is 5.14. The normalized spacial score (nSPS) is 10.8. The fraction of sp³-hybridized carbons (Fsp3) is 0.0968. The molecular formula is C31H25BrN4O3S. The minimum absolute atomic E-state index is 0.231. The van der Waals surface area contributed by atoms with E-state index in [4.69, 9.17) is 4.74 Å². The van der Waals surface area contributed by atoms with Crippen LogP contribution in [0.5, 0.6) is 0 Å². The number of ether oxygens (including phenoxy) is 1. The molecule has 5 rings (SSSR count). The van der Waals surface area contributed by atoms with E-state index in [2.05, 4.69) is 36.0 Å². The lowest BCUT2D eigenvalue weighted by Crippen LogP contribution is -2.12. The molecule has 0 bridgehead atoms. The summed E-state index contributed by atoms with van der Waals surface area (Å²) in [7, 11) is 0. The molecule has 0 aliphatic carbocycles. The topological polar surface area (TPSA) is 86.1 Å². The molecule has 40 heavy (non-hydrogen) atoms. The average Bonchev–Trinajstić information content (AvgIpc) is 3.41. The van der Waals surface area contributed by atoms with Crippen LogP contribution in [0.25, 0.3) is 17.1 Å². The van der Waals surface area contributed by atoms with Gasteiger partial charge in [0.1, 0.15) is 0 Å². The van der Waals surface area contributed by atoms with Gasteiger partial charge in [0.25, 0.3) is 5.91 Å². The maximum Gasteiger partial charge on any atom is 0.338 e. The van der Waals surface area contributed by atoms with Gasteiger partial charge in [0.15, 0.2) is 11.0 Å². The highest BCUT2D eigenvalue weighted by Crippen LogP contribution is 2.30. The number of nitrogens with one attached hydrogen (secondary N) is 1. The second-order valence-corrected chi connectivity index (χ2v) is 10.6. The molecule has 0 aliphatic rings. The molecular weight excluding hydrogens is 588 g/mol. The molecule has 1 aromatic heterocycles. The first kappa shape index (κ1) is 27.4. The first-order chi connectivity index (χ1) is 19.5. The second-order valence-electron chi connectivity index (χ2n) is 8.72. The Kier molecular flexibility index (Phi) is 8.73. The van der Waals surface area contributed by atoms with Crippen LogP contribution in [0.15, 0.2) is 113 Å².